The fraction of sp³-hybridized carbons (Fsp3) is 0.500. The van der Waals surface area contributed by atoms with E-state index in [9.17, 15) is 4.79 Å². The molecule has 0 spiro atoms. The van der Waals surface area contributed by atoms with Crippen molar-refractivity contribution in [2.75, 3.05) is 0 Å². The SMILES string of the molecule is CCCCCC(C)OC1=Nc2ccccc2C(=O)C1. The molecular formula is C16H21NO2. The van der Waals surface area contributed by atoms with Gasteiger partial charge in [-0.15, -0.1) is 0 Å². The number of para-hydroxylation sites is 1. The normalized spacial score (nSPS) is 15.7. The molecule has 0 saturated carbocycles. The van der Waals surface area contributed by atoms with Crippen LogP contribution in [0.25, 0.3) is 0 Å². The van der Waals surface area contributed by atoms with E-state index in [1.54, 1.807) is 0 Å². The Morgan fingerprint density at radius 3 is 2.89 bits per heavy atom. The molecule has 1 heterocycles. The van der Waals surface area contributed by atoms with Crippen LogP contribution in [0.1, 0.15) is 56.3 Å². The Morgan fingerprint density at radius 2 is 2.11 bits per heavy atom. The minimum Gasteiger partial charge on any atom is -0.477 e. The molecule has 0 amide bonds. The van der Waals surface area contributed by atoms with Crippen LogP contribution >= 0.6 is 0 Å². The van der Waals surface area contributed by atoms with Gasteiger partial charge in [-0.1, -0.05) is 31.9 Å². The highest BCUT2D eigenvalue weighted by Crippen LogP contribution is 2.26. The first kappa shape index (κ1) is 13.8. The minimum atomic E-state index is 0.0985. The maximum absolute atomic E-state index is 12.0. The Kier molecular flexibility index (Phi) is 4.72. The Bertz CT molecular complexity index is 479. The largest absolute Gasteiger partial charge is 0.477 e. The van der Waals surface area contributed by atoms with Crippen molar-refractivity contribution in [3.05, 3.63) is 29.8 Å². The number of aliphatic imine (C=N–C) groups is 1. The van der Waals surface area contributed by atoms with E-state index in [1.807, 2.05) is 31.2 Å². The molecule has 3 nitrogen and oxygen atoms in total. The molecule has 1 aliphatic rings. The van der Waals surface area contributed by atoms with Gasteiger partial charge in [0.15, 0.2) is 11.7 Å². The van der Waals surface area contributed by atoms with Crippen LogP contribution in [0, 0.1) is 0 Å². The summed E-state index contributed by atoms with van der Waals surface area (Å²) in [6.45, 7) is 4.23. The Balaban J connectivity index is 1.99. The van der Waals surface area contributed by atoms with Crippen molar-refractivity contribution in [3.8, 4) is 0 Å². The Hall–Kier alpha value is -1.64. The Morgan fingerprint density at radius 1 is 1.32 bits per heavy atom. The first-order valence-corrected chi connectivity index (χ1v) is 7.07. The molecule has 0 radical (unpaired) electrons. The van der Waals surface area contributed by atoms with Crippen LogP contribution in [-0.4, -0.2) is 17.8 Å². The smallest absolute Gasteiger partial charge is 0.196 e. The van der Waals surface area contributed by atoms with Crippen LogP contribution in [0.4, 0.5) is 5.69 Å². The van der Waals surface area contributed by atoms with Crippen LogP contribution in [-0.2, 0) is 4.74 Å². The maximum atomic E-state index is 12.0. The van der Waals surface area contributed by atoms with E-state index in [4.69, 9.17) is 4.74 Å². The molecular weight excluding hydrogens is 238 g/mol. The number of hydrogen-bond acceptors (Lipinski definition) is 3. The van der Waals surface area contributed by atoms with E-state index in [-0.39, 0.29) is 18.3 Å². The number of unbranched alkanes of at least 4 members (excludes halogenated alkanes) is 2. The first-order valence-electron chi connectivity index (χ1n) is 7.07. The lowest BCUT2D eigenvalue weighted by Crippen LogP contribution is -2.20. The predicted octanol–water partition coefficient (Wildman–Crippen LogP) is 4.29. The molecule has 1 aliphatic heterocycles. The Labute approximate surface area is 114 Å². The van der Waals surface area contributed by atoms with Gasteiger partial charge in [0.05, 0.1) is 18.2 Å². The number of fused-ring (bicyclic) bond motifs is 1. The third kappa shape index (κ3) is 3.66. The highest BCUT2D eigenvalue weighted by Gasteiger charge is 2.21. The fourth-order valence-electron chi connectivity index (χ4n) is 2.25. The van der Waals surface area contributed by atoms with Crippen LogP contribution in [0.3, 0.4) is 0 Å². The molecule has 1 atom stereocenters. The number of nitrogens with zero attached hydrogens (tertiary/aromatic N) is 1. The van der Waals surface area contributed by atoms with Crippen LogP contribution < -0.4 is 0 Å². The van der Waals surface area contributed by atoms with Gasteiger partial charge in [0, 0.05) is 5.56 Å². The number of benzene rings is 1. The number of rotatable bonds is 5. The molecule has 1 unspecified atom stereocenters. The molecule has 102 valence electrons. The van der Waals surface area contributed by atoms with Gasteiger partial charge in [-0.3, -0.25) is 4.79 Å². The predicted molar refractivity (Wildman–Crippen MR) is 77.2 cm³/mol. The number of ketones is 1. The third-order valence-corrected chi connectivity index (χ3v) is 3.31. The standard InChI is InChI=1S/C16H21NO2/c1-3-4-5-8-12(2)19-16-11-15(18)13-9-6-7-10-14(13)17-16/h6-7,9-10,12H,3-5,8,11H2,1-2H3. The van der Waals surface area contributed by atoms with Crippen molar-refractivity contribution in [2.24, 2.45) is 4.99 Å². The molecule has 0 bridgehead atoms. The zero-order chi connectivity index (χ0) is 13.7. The average molecular weight is 259 g/mol. The molecule has 0 saturated heterocycles. The second-order valence-corrected chi connectivity index (χ2v) is 5.05. The van der Waals surface area contributed by atoms with Gasteiger partial charge in [-0.05, 0) is 31.9 Å². The van der Waals surface area contributed by atoms with E-state index in [2.05, 4.69) is 11.9 Å². The number of carbonyl (C=O) groups excluding carboxylic acids is 1. The summed E-state index contributed by atoms with van der Waals surface area (Å²) in [5.74, 6) is 0.661. The minimum absolute atomic E-state index is 0.0985. The van der Waals surface area contributed by atoms with Crippen LogP contribution in [0.2, 0.25) is 0 Å². The monoisotopic (exact) mass is 259 g/mol. The summed E-state index contributed by atoms with van der Waals surface area (Å²) in [4.78, 5) is 16.4. The van der Waals surface area contributed by atoms with Gasteiger partial charge in [-0.2, -0.15) is 0 Å². The van der Waals surface area contributed by atoms with Crippen molar-refractivity contribution in [3.63, 3.8) is 0 Å². The lowest BCUT2D eigenvalue weighted by molar-refractivity contribution is 0.0983. The van der Waals surface area contributed by atoms with Gasteiger partial charge in [-0.25, -0.2) is 4.99 Å². The van der Waals surface area contributed by atoms with Gasteiger partial charge in [0.1, 0.15) is 0 Å². The van der Waals surface area contributed by atoms with E-state index in [0.29, 0.717) is 11.5 Å². The zero-order valence-corrected chi connectivity index (χ0v) is 11.7. The zero-order valence-electron chi connectivity index (χ0n) is 11.7. The molecule has 2 rings (SSSR count). The second kappa shape index (κ2) is 6.50. The topological polar surface area (TPSA) is 38.7 Å². The summed E-state index contributed by atoms with van der Waals surface area (Å²) in [7, 11) is 0. The van der Waals surface area contributed by atoms with Crippen LogP contribution in [0.15, 0.2) is 29.3 Å². The van der Waals surface area contributed by atoms with Crippen molar-refractivity contribution in [2.45, 2.75) is 52.1 Å². The lowest BCUT2D eigenvalue weighted by Gasteiger charge is -2.19. The number of hydrogen-bond donors (Lipinski definition) is 0. The van der Waals surface area contributed by atoms with Crippen molar-refractivity contribution < 1.29 is 9.53 Å². The highest BCUT2D eigenvalue weighted by atomic mass is 16.5. The summed E-state index contributed by atoms with van der Waals surface area (Å²) in [5, 5.41) is 0. The number of ether oxygens (including phenoxy) is 1. The number of Topliss-reactive ketones (excluding diaryl/α,β-unsaturated/α-hetero) is 1. The van der Waals surface area contributed by atoms with E-state index >= 15 is 0 Å². The third-order valence-electron chi connectivity index (χ3n) is 3.31. The average Bonchev–Trinajstić information content (AvgIpc) is 2.39. The number of carbonyl (C=O) groups is 1. The van der Waals surface area contributed by atoms with Crippen molar-refractivity contribution in [1.29, 1.82) is 0 Å². The summed E-state index contributed by atoms with van der Waals surface area (Å²) in [5.41, 5.74) is 1.43. The van der Waals surface area contributed by atoms with E-state index in [0.717, 1.165) is 18.5 Å². The highest BCUT2D eigenvalue weighted by molar-refractivity contribution is 6.13. The molecule has 1 aromatic carbocycles. The van der Waals surface area contributed by atoms with Crippen molar-refractivity contribution in [1.82, 2.24) is 0 Å². The molecule has 19 heavy (non-hydrogen) atoms. The van der Waals surface area contributed by atoms with Gasteiger partial charge < -0.3 is 4.74 Å². The van der Waals surface area contributed by atoms with Gasteiger partial charge in [0.25, 0.3) is 0 Å². The summed E-state index contributed by atoms with van der Waals surface area (Å²) < 4.78 is 5.79. The van der Waals surface area contributed by atoms with Crippen molar-refractivity contribution >= 4 is 17.4 Å². The summed E-state index contributed by atoms with van der Waals surface area (Å²) in [6.07, 6.45) is 5.03. The van der Waals surface area contributed by atoms with E-state index in [1.165, 1.54) is 12.8 Å². The summed E-state index contributed by atoms with van der Waals surface area (Å²) in [6, 6.07) is 7.44. The first-order chi connectivity index (χ1) is 9.20. The molecule has 0 aliphatic carbocycles. The fourth-order valence-corrected chi connectivity index (χ4v) is 2.25. The van der Waals surface area contributed by atoms with Crippen LogP contribution in [0.5, 0.6) is 0 Å². The molecule has 0 N–H and O–H groups in total. The molecule has 1 aromatic rings. The molecule has 0 aromatic heterocycles. The van der Waals surface area contributed by atoms with Gasteiger partial charge in [0.2, 0.25) is 0 Å². The quantitative estimate of drug-likeness (QED) is 0.740. The maximum Gasteiger partial charge on any atom is 0.196 e. The molecule has 0 fully saturated rings. The van der Waals surface area contributed by atoms with Gasteiger partial charge >= 0.3 is 0 Å². The summed E-state index contributed by atoms with van der Waals surface area (Å²) >= 11 is 0. The molecule has 3 heteroatoms. The second-order valence-electron chi connectivity index (χ2n) is 5.05. The van der Waals surface area contributed by atoms with E-state index < -0.39 is 0 Å². The lowest BCUT2D eigenvalue weighted by atomic mass is 10.0.